The molecule has 0 saturated carbocycles. The van der Waals surface area contributed by atoms with Crippen LogP contribution in [0.15, 0.2) is 71.6 Å². The maximum atomic E-state index is 11.7. The molecule has 3 aromatic rings. The first-order valence-electron chi connectivity index (χ1n) is 8.36. The minimum atomic E-state index is -3.29. The molecule has 1 aromatic heterocycles. The molecule has 0 bridgehead atoms. The number of carbonyl (C=O) groups is 1. The van der Waals surface area contributed by atoms with Crippen molar-refractivity contribution in [2.75, 3.05) is 13.3 Å². The Bertz CT molecular complexity index is 1120. The van der Waals surface area contributed by atoms with Gasteiger partial charge in [-0.15, -0.1) is 0 Å². The number of rotatable bonds is 5. The molecule has 1 amide bonds. The third kappa shape index (κ3) is 4.36. The molecule has 0 aliphatic rings. The van der Waals surface area contributed by atoms with Gasteiger partial charge in [-0.1, -0.05) is 30.3 Å². The molecule has 0 spiro atoms. The van der Waals surface area contributed by atoms with Gasteiger partial charge < -0.3 is 0 Å². The van der Waals surface area contributed by atoms with Crippen LogP contribution in [-0.2, 0) is 14.6 Å². The summed E-state index contributed by atoms with van der Waals surface area (Å²) in [6.45, 7) is 0. The molecule has 7 nitrogen and oxygen atoms in total. The summed E-state index contributed by atoms with van der Waals surface area (Å²) in [6, 6.07) is 17.8. The van der Waals surface area contributed by atoms with E-state index >= 15 is 0 Å². The molecule has 3 rings (SSSR count). The Morgan fingerprint density at radius 3 is 2.32 bits per heavy atom. The number of likely N-dealkylation sites (N-methyl/N-ethyl adjacent to an activating group) is 1. The molecule has 2 aromatic carbocycles. The summed E-state index contributed by atoms with van der Waals surface area (Å²) in [5.41, 5.74) is 2.88. The summed E-state index contributed by atoms with van der Waals surface area (Å²) in [7, 11) is -2.05. The van der Waals surface area contributed by atoms with Gasteiger partial charge in [-0.2, -0.15) is 5.10 Å². The Morgan fingerprint density at radius 2 is 1.75 bits per heavy atom. The number of nitrogens with zero attached hydrogens (tertiary/aromatic N) is 3. The van der Waals surface area contributed by atoms with Crippen molar-refractivity contribution in [3.05, 3.63) is 72.4 Å². The second kappa shape index (κ2) is 7.79. The van der Waals surface area contributed by atoms with E-state index in [2.05, 4.69) is 5.10 Å². The highest BCUT2D eigenvalue weighted by Gasteiger charge is 2.13. The topological polar surface area (TPSA) is 92.5 Å². The van der Waals surface area contributed by atoms with Gasteiger partial charge >= 0.3 is 0 Å². The number of amides is 1. The summed E-state index contributed by atoms with van der Waals surface area (Å²) < 4.78 is 25.1. The number of hydroxylamine groups is 2. The highest BCUT2D eigenvalue weighted by molar-refractivity contribution is 7.90. The Labute approximate surface area is 163 Å². The zero-order valence-corrected chi connectivity index (χ0v) is 16.2. The van der Waals surface area contributed by atoms with E-state index in [0.717, 1.165) is 17.5 Å². The highest BCUT2D eigenvalue weighted by atomic mass is 32.2. The van der Waals surface area contributed by atoms with Gasteiger partial charge in [0.05, 0.1) is 22.0 Å². The molecule has 144 valence electrons. The normalized spacial score (nSPS) is 11.7. The van der Waals surface area contributed by atoms with Crippen LogP contribution < -0.4 is 0 Å². The second-order valence-corrected chi connectivity index (χ2v) is 8.21. The molecule has 1 heterocycles. The first-order valence-corrected chi connectivity index (χ1v) is 10.3. The fourth-order valence-electron chi connectivity index (χ4n) is 2.59. The molecule has 1 N–H and O–H groups in total. The Morgan fingerprint density at radius 1 is 1.11 bits per heavy atom. The average molecular weight is 397 g/mol. The van der Waals surface area contributed by atoms with Gasteiger partial charge in [0.15, 0.2) is 9.84 Å². The predicted molar refractivity (Wildman–Crippen MR) is 106 cm³/mol. The number of hydrogen-bond donors (Lipinski definition) is 1. The molecule has 0 saturated heterocycles. The van der Waals surface area contributed by atoms with Crippen LogP contribution in [-0.4, -0.2) is 47.7 Å². The molecule has 28 heavy (non-hydrogen) atoms. The first kappa shape index (κ1) is 19.5. The molecule has 8 heteroatoms. The maximum absolute atomic E-state index is 11.7. The average Bonchev–Trinajstić information content (AvgIpc) is 3.10. The predicted octanol–water partition coefficient (Wildman–Crippen LogP) is 2.80. The van der Waals surface area contributed by atoms with Crippen molar-refractivity contribution < 1.29 is 18.4 Å². The van der Waals surface area contributed by atoms with E-state index in [9.17, 15) is 13.2 Å². The number of hydrogen-bond acceptors (Lipinski definition) is 5. The molecule has 0 atom stereocenters. The van der Waals surface area contributed by atoms with Gasteiger partial charge in [-0.25, -0.2) is 18.2 Å². The zero-order valence-electron chi connectivity index (χ0n) is 15.4. The lowest BCUT2D eigenvalue weighted by Gasteiger charge is -2.08. The van der Waals surface area contributed by atoms with Crippen molar-refractivity contribution in [1.82, 2.24) is 14.8 Å². The van der Waals surface area contributed by atoms with E-state index in [1.807, 2.05) is 30.3 Å². The first-order chi connectivity index (χ1) is 13.3. The number of sulfone groups is 1. The lowest BCUT2D eigenvalue weighted by atomic mass is 10.1. The maximum Gasteiger partial charge on any atom is 0.269 e. The van der Waals surface area contributed by atoms with Gasteiger partial charge in [-0.05, 0) is 36.4 Å². The van der Waals surface area contributed by atoms with Gasteiger partial charge in [0.25, 0.3) is 5.91 Å². The van der Waals surface area contributed by atoms with Crippen molar-refractivity contribution in [2.45, 2.75) is 4.90 Å². The lowest BCUT2D eigenvalue weighted by molar-refractivity contribution is -0.153. The van der Waals surface area contributed by atoms with Gasteiger partial charge in [0.2, 0.25) is 0 Å². The SMILES string of the molecule is CN(O)C(=O)C=Cc1cc(-c2ccccc2)n(-c2ccc(S(C)(=O)=O)cc2)n1. The van der Waals surface area contributed by atoms with E-state index in [0.29, 0.717) is 16.4 Å². The summed E-state index contributed by atoms with van der Waals surface area (Å²) >= 11 is 0. The number of aromatic nitrogens is 2. The second-order valence-electron chi connectivity index (χ2n) is 6.19. The van der Waals surface area contributed by atoms with Crippen LogP contribution in [0.3, 0.4) is 0 Å². The summed E-state index contributed by atoms with van der Waals surface area (Å²) in [5, 5.41) is 14.2. The highest BCUT2D eigenvalue weighted by Crippen LogP contribution is 2.25. The minimum Gasteiger partial charge on any atom is -0.286 e. The summed E-state index contributed by atoms with van der Waals surface area (Å²) in [4.78, 5) is 11.8. The Hall–Kier alpha value is -3.23. The van der Waals surface area contributed by atoms with Crippen LogP contribution in [0.25, 0.3) is 23.0 Å². The van der Waals surface area contributed by atoms with Gasteiger partial charge in [0, 0.05) is 24.9 Å². The van der Waals surface area contributed by atoms with E-state index < -0.39 is 15.7 Å². The fraction of sp³-hybridized carbons (Fsp3) is 0.100. The molecular weight excluding hydrogens is 378 g/mol. The van der Waals surface area contributed by atoms with Crippen molar-refractivity contribution in [2.24, 2.45) is 0 Å². The molecule has 0 aliphatic carbocycles. The summed E-state index contributed by atoms with van der Waals surface area (Å²) in [5.74, 6) is -0.576. The number of carbonyl (C=O) groups excluding carboxylic acids is 1. The standard InChI is InChI=1S/C20H19N3O4S/c1-22(25)20(24)13-8-16-14-19(15-6-4-3-5-7-15)23(21-16)17-9-11-18(12-10-17)28(2,26)27/h3-14,25H,1-2H3. The lowest BCUT2D eigenvalue weighted by Crippen LogP contribution is -2.19. The zero-order chi connectivity index (χ0) is 20.3. The molecule has 0 unspecified atom stereocenters. The van der Waals surface area contributed by atoms with Crippen LogP contribution in [0.4, 0.5) is 0 Å². The quantitative estimate of drug-likeness (QED) is 0.406. The van der Waals surface area contributed by atoms with Gasteiger partial charge in [-0.3, -0.25) is 10.0 Å². The van der Waals surface area contributed by atoms with Crippen LogP contribution in [0.2, 0.25) is 0 Å². The van der Waals surface area contributed by atoms with Crippen LogP contribution >= 0.6 is 0 Å². The van der Waals surface area contributed by atoms with Crippen LogP contribution in [0.5, 0.6) is 0 Å². The van der Waals surface area contributed by atoms with Crippen molar-refractivity contribution in [3.8, 4) is 16.9 Å². The third-order valence-electron chi connectivity index (χ3n) is 4.02. The van der Waals surface area contributed by atoms with Gasteiger partial charge in [0.1, 0.15) is 0 Å². The van der Waals surface area contributed by atoms with E-state index in [-0.39, 0.29) is 4.90 Å². The van der Waals surface area contributed by atoms with Crippen molar-refractivity contribution >= 4 is 21.8 Å². The Balaban J connectivity index is 2.07. The molecule has 0 fully saturated rings. The largest absolute Gasteiger partial charge is 0.286 e. The molecule has 0 aliphatic heterocycles. The fourth-order valence-corrected chi connectivity index (χ4v) is 3.22. The minimum absolute atomic E-state index is 0.223. The third-order valence-corrected chi connectivity index (χ3v) is 5.15. The smallest absolute Gasteiger partial charge is 0.269 e. The number of benzene rings is 2. The van der Waals surface area contributed by atoms with Crippen molar-refractivity contribution in [3.63, 3.8) is 0 Å². The van der Waals surface area contributed by atoms with Crippen LogP contribution in [0.1, 0.15) is 5.69 Å². The van der Waals surface area contributed by atoms with E-state index in [1.165, 1.54) is 31.3 Å². The van der Waals surface area contributed by atoms with Crippen LogP contribution in [0, 0.1) is 0 Å². The van der Waals surface area contributed by atoms with E-state index in [4.69, 9.17) is 5.21 Å². The monoisotopic (exact) mass is 397 g/mol. The Kier molecular flexibility index (Phi) is 5.43. The molecule has 0 radical (unpaired) electrons. The molecular formula is C20H19N3O4S. The van der Waals surface area contributed by atoms with E-state index in [1.54, 1.807) is 22.9 Å². The summed E-state index contributed by atoms with van der Waals surface area (Å²) in [6.07, 6.45) is 3.88. The van der Waals surface area contributed by atoms with Crippen molar-refractivity contribution in [1.29, 1.82) is 0 Å².